The summed E-state index contributed by atoms with van der Waals surface area (Å²) in [7, 11) is 0. The largest absolute Gasteiger partial charge is 0.244 e. The lowest BCUT2D eigenvalue weighted by Gasteiger charge is -2.05. The number of rotatable bonds is 1. The zero-order valence-corrected chi connectivity index (χ0v) is 9.68. The fraction of sp³-hybridized carbons (Fsp3) is 0. The molecule has 2 rings (SSSR count). The maximum atomic E-state index is 6.04. The third-order valence-electron chi connectivity index (χ3n) is 1.88. The second-order valence-electron chi connectivity index (χ2n) is 2.85. The van der Waals surface area contributed by atoms with Crippen LogP contribution in [0.3, 0.4) is 0 Å². The van der Waals surface area contributed by atoms with Crippen molar-refractivity contribution in [2.45, 2.75) is 0 Å². The van der Waals surface area contributed by atoms with Gasteiger partial charge in [-0.2, -0.15) is 0 Å². The summed E-state index contributed by atoms with van der Waals surface area (Å²) in [6, 6.07) is 5.18. The van der Waals surface area contributed by atoms with E-state index in [-0.39, 0.29) is 0 Å². The van der Waals surface area contributed by atoms with Gasteiger partial charge in [0.05, 0.1) is 5.02 Å². The van der Waals surface area contributed by atoms with Gasteiger partial charge < -0.3 is 0 Å². The molecule has 0 N–H and O–H groups in total. The van der Waals surface area contributed by atoms with Crippen molar-refractivity contribution in [1.82, 2.24) is 9.97 Å². The van der Waals surface area contributed by atoms with Crippen LogP contribution in [0.25, 0.3) is 11.1 Å². The molecule has 0 aliphatic carbocycles. The van der Waals surface area contributed by atoms with Gasteiger partial charge in [0.1, 0.15) is 11.5 Å². The number of benzene rings is 1. The first-order valence-corrected chi connectivity index (χ1v) is 5.23. The molecule has 0 saturated carbocycles. The summed E-state index contributed by atoms with van der Waals surface area (Å²) in [5, 5.41) is 1.48. The summed E-state index contributed by atoms with van der Waals surface area (Å²) in [5.74, 6) is 0. The first kappa shape index (κ1) is 10.7. The minimum absolute atomic E-state index is 0.370. The molecule has 1 aromatic carbocycles. The molecule has 15 heavy (non-hydrogen) atoms. The Morgan fingerprint density at radius 1 is 1.00 bits per heavy atom. The number of hydrogen-bond acceptors (Lipinski definition) is 2. The Kier molecular flexibility index (Phi) is 3.10. The molecule has 0 amide bonds. The van der Waals surface area contributed by atoms with E-state index in [0.717, 1.165) is 5.56 Å². The highest BCUT2D eigenvalue weighted by Crippen LogP contribution is 2.32. The molecule has 0 radical (unpaired) electrons. The van der Waals surface area contributed by atoms with E-state index in [1.54, 1.807) is 24.4 Å². The Hall–Kier alpha value is -0.830. The normalized spacial score (nSPS) is 10.3. The van der Waals surface area contributed by atoms with Crippen LogP contribution in [0.15, 0.2) is 30.7 Å². The van der Waals surface area contributed by atoms with Crippen molar-refractivity contribution in [3.8, 4) is 11.1 Å². The second-order valence-corrected chi connectivity index (χ2v) is 4.05. The van der Waals surface area contributed by atoms with Crippen molar-refractivity contribution in [2.24, 2.45) is 0 Å². The summed E-state index contributed by atoms with van der Waals surface area (Å²) in [5.41, 5.74) is 1.47. The molecule has 76 valence electrons. The van der Waals surface area contributed by atoms with Gasteiger partial charge in [0.25, 0.3) is 0 Å². The van der Waals surface area contributed by atoms with Gasteiger partial charge in [0.15, 0.2) is 0 Å². The van der Waals surface area contributed by atoms with Gasteiger partial charge in [-0.15, -0.1) is 0 Å². The van der Waals surface area contributed by atoms with Crippen molar-refractivity contribution in [3.05, 3.63) is 45.9 Å². The average molecular weight is 260 g/mol. The van der Waals surface area contributed by atoms with Crippen molar-refractivity contribution < 1.29 is 0 Å². The van der Waals surface area contributed by atoms with E-state index in [4.69, 9.17) is 34.8 Å². The molecule has 0 spiro atoms. The van der Waals surface area contributed by atoms with Crippen LogP contribution in [-0.2, 0) is 0 Å². The Morgan fingerprint density at radius 2 is 1.80 bits per heavy atom. The van der Waals surface area contributed by atoms with E-state index < -0.39 is 0 Å². The molecular weight excluding hydrogens is 254 g/mol. The van der Waals surface area contributed by atoms with Crippen molar-refractivity contribution in [1.29, 1.82) is 0 Å². The lowest BCUT2D eigenvalue weighted by atomic mass is 10.1. The van der Waals surface area contributed by atoms with E-state index in [1.807, 2.05) is 0 Å². The summed E-state index contributed by atoms with van der Waals surface area (Å²) in [6.07, 6.45) is 3.00. The van der Waals surface area contributed by atoms with Gasteiger partial charge >= 0.3 is 0 Å². The number of halogens is 3. The molecule has 0 unspecified atom stereocenters. The number of hydrogen-bond donors (Lipinski definition) is 0. The lowest BCUT2D eigenvalue weighted by molar-refractivity contribution is 1.17. The van der Waals surface area contributed by atoms with Gasteiger partial charge in [0, 0.05) is 22.3 Å². The molecule has 2 nitrogen and oxygen atoms in total. The first-order valence-electron chi connectivity index (χ1n) is 4.09. The average Bonchev–Trinajstić information content (AvgIpc) is 2.20. The number of aromatic nitrogens is 2. The van der Waals surface area contributed by atoms with Gasteiger partial charge in [-0.25, -0.2) is 9.97 Å². The monoisotopic (exact) mass is 258 g/mol. The zero-order valence-electron chi connectivity index (χ0n) is 7.42. The number of nitrogens with zero attached hydrogens (tertiary/aromatic N) is 2. The molecule has 1 aromatic heterocycles. The molecule has 5 heteroatoms. The van der Waals surface area contributed by atoms with Crippen LogP contribution in [0.2, 0.25) is 15.2 Å². The highest BCUT2D eigenvalue weighted by atomic mass is 35.5. The predicted molar refractivity (Wildman–Crippen MR) is 62.5 cm³/mol. The van der Waals surface area contributed by atoms with E-state index in [1.165, 1.54) is 6.33 Å². The highest BCUT2D eigenvalue weighted by molar-refractivity contribution is 6.37. The fourth-order valence-corrected chi connectivity index (χ4v) is 1.91. The Bertz CT molecular complexity index is 500. The molecule has 0 saturated heterocycles. The molecule has 1 heterocycles. The van der Waals surface area contributed by atoms with Crippen molar-refractivity contribution >= 4 is 34.8 Å². The van der Waals surface area contributed by atoms with Crippen LogP contribution in [0.4, 0.5) is 0 Å². The first-order chi connectivity index (χ1) is 7.18. The van der Waals surface area contributed by atoms with E-state index in [2.05, 4.69) is 9.97 Å². The predicted octanol–water partition coefficient (Wildman–Crippen LogP) is 4.10. The molecule has 0 aliphatic rings. The molecule has 0 atom stereocenters. The molecule has 2 aromatic rings. The van der Waals surface area contributed by atoms with Crippen LogP contribution in [0.1, 0.15) is 0 Å². The highest BCUT2D eigenvalue weighted by Gasteiger charge is 2.08. The summed E-state index contributed by atoms with van der Waals surface area (Å²) < 4.78 is 0. The molecule has 0 bridgehead atoms. The third-order valence-corrected chi connectivity index (χ3v) is 2.73. The van der Waals surface area contributed by atoms with Crippen molar-refractivity contribution in [2.75, 3.05) is 0 Å². The molecular formula is C10H5Cl3N2. The maximum Gasteiger partial charge on any atom is 0.140 e. The van der Waals surface area contributed by atoms with Gasteiger partial charge in [-0.05, 0) is 12.1 Å². The smallest absolute Gasteiger partial charge is 0.140 e. The SMILES string of the molecule is Clc1ccc(-c2cncnc2Cl)c(Cl)c1. The van der Waals surface area contributed by atoms with Crippen LogP contribution in [0.5, 0.6) is 0 Å². The van der Waals surface area contributed by atoms with Gasteiger partial charge in [-0.3, -0.25) is 0 Å². The topological polar surface area (TPSA) is 25.8 Å². The minimum atomic E-state index is 0.370. The van der Waals surface area contributed by atoms with Crippen molar-refractivity contribution in [3.63, 3.8) is 0 Å². The summed E-state index contributed by atoms with van der Waals surface area (Å²) in [4.78, 5) is 7.78. The Morgan fingerprint density at radius 3 is 2.47 bits per heavy atom. The maximum absolute atomic E-state index is 6.04. The second kappa shape index (κ2) is 4.35. The van der Waals surface area contributed by atoms with E-state index in [0.29, 0.717) is 20.8 Å². The third kappa shape index (κ3) is 2.23. The van der Waals surface area contributed by atoms with Crippen LogP contribution in [0, 0.1) is 0 Å². The fourth-order valence-electron chi connectivity index (χ4n) is 1.20. The van der Waals surface area contributed by atoms with Gasteiger partial charge in [0.2, 0.25) is 0 Å². The molecule has 0 fully saturated rings. The Labute approximate surface area is 102 Å². The molecule has 0 aliphatic heterocycles. The zero-order chi connectivity index (χ0) is 10.8. The summed E-state index contributed by atoms with van der Waals surface area (Å²) in [6.45, 7) is 0. The van der Waals surface area contributed by atoms with Crippen LogP contribution in [-0.4, -0.2) is 9.97 Å². The Balaban J connectivity index is 2.60. The van der Waals surface area contributed by atoms with E-state index in [9.17, 15) is 0 Å². The quantitative estimate of drug-likeness (QED) is 0.721. The summed E-state index contributed by atoms with van der Waals surface area (Å²) >= 11 is 17.8. The van der Waals surface area contributed by atoms with Crippen LogP contribution < -0.4 is 0 Å². The lowest BCUT2D eigenvalue weighted by Crippen LogP contribution is -1.86. The van der Waals surface area contributed by atoms with E-state index >= 15 is 0 Å². The van der Waals surface area contributed by atoms with Crippen LogP contribution >= 0.6 is 34.8 Å². The minimum Gasteiger partial charge on any atom is -0.244 e. The van der Waals surface area contributed by atoms with Gasteiger partial charge in [-0.1, -0.05) is 40.9 Å². The standard InChI is InChI=1S/C10H5Cl3N2/c11-6-1-2-7(9(12)3-6)8-4-14-5-15-10(8)13/h1-5H.